The summed E-state index contributed by atoms with van der Waals surface area (Å²) in [5.41, 5.74) is 2.18. The van der Waals surface area contributed by atoms with Crippen LogP contribution in [0.2, 0.25) is 0 Å². The fraction of sp³-hybridized carbons (Fsp3) is 0.385. The highest BCUT2D eigenvalue weighted by atomic mass is 79.9. The van der Waals surface area contributed by atoms with Crippen molar-refractivity contribution in [1.82, 2.24) is 14.9 Å². The lowest BCUT2D eigenvalue weighted by molar-refractivity contribution is 0.413. The van der Waals surface area contributed by atoms with Crippen molar-refractivity contribution in [3.63, 3.8) is 0 Å². The van der Waals surface area contributed by atoms with E-state index >= 15 is 0 Å². The van der Waals surface area contributed by atoms with Gasteiger partial charge in [0.25, 0.3) is 0 Å². The minimum Gasteiger partial charge on any atom is -0.497 e. The molecule has 0 spiro atoms. The Balaban J connectivity index is 2.21. The predicted octanol–water partition coefficient (Wildman–Crippen LogP) is 3.20. The number of hydrogen-bond acceptors (Lipinski definition) is 5. The van der Waals surface area contributed by atoms with Crippen molar-refractivity contribution in [3.8, 4) is 5.75 Å². The van der Waals surface area contributed by atoms with Crippen molar-refractivity contribution in [2.24, 2.45) is 0 Å². The fourth-order valence-electron chi connectivity index (χ4n) is 1.91. The second kappa shape index (κ2) is 6.98. The Bertz CT molecular complexity index is 519. The van der Waals surface area contributed by atoms with Crippen LogP contribution in [-0.2, 0) is 6.42 Å². The third-order valence-corrected chi connectivity index (χ3v) is 4.16. The van der Waals surface area contributed by atoms with E-state index in [1.54, 1.807) is 7.11 Å². The van der Waals surface area contributed by atoms with Gasteiger partial charge in [-0.3, -0.25) is 0 Å². The van der Waals surface area contributed by atoms with Gasteiger partial charge in [-0.05, 0) is 48.3 Å². The third-order valence-electron chi connectivity index (χ3n) is 2.86. The average Bonchev–Trinajstić information content (AvgIpc) is 2.94. The molecule has 1 unspecified atom stereocenters. The lowest BCUT2D eigenvalue weighted by Crippen LogP contribution is -2.23. The number of ether oxygens (including phenoxy) is 1. The van der Waals surface area contributed by atoms with E-state index in [4.69, 9.17) is 4.74 Å². The maximum absolute atomic E-state index is 5.27. The molecule has 0 amide bonds. The van der Waals surface area contributed by atoms with Gasteiger partial charge in [-0.1, -0.05) is 27.3 Å². The molecule has 1 N–H and O–H groups in total. The Morgan fingerprint density at radius 2 is 2.32 bits per heavy atom. The van der Waals surface area contributed by atoms with Crippen LogP contribution in [0.15, 0.2) is 28.1 Å². The first-order chi connectivity index (χ1) is 9.24. The topological polar surface area (TPSA) is 47.0 Å². The smallest absolute Gasteiger partial charge is 0.119 e. The maximum atomic E-state index is 5.27. The number of benzene rings is 1. The van der Waals surface area contributed by atoms with E-state index in [1.165, 1.54) is 17.1 Å². The minimum absolute atomic E-state index is 0.173. The molecule has 1 heterocycles. The number of methoxy groups -OCH3 is 1. The number of aromatic nitrogens is 2. The molecule has 0 aliphatic carbocycles. The Hall–Kier alpha value is -0.980. The highest BCUT2D eigenvalue weighted by Gasteiger charge is 2.16. The summed E-state index contributed by atoms with van der Waals surface area (Å²) in [6.07, 6.45) is 0.844. The molecule has 0 bridgehead atoms. The van der Waals surface area contributed by atoms with Gasteiger partial charge in [0.15, 0.2) is 0 Å². The zero-order valence-corrected chi connectivity index (χ0v) is 13.3. The lowest BCUT2D eigenvalue weighted by atomic mass is 10.0. The van der Waals surface area contributed by atoms with E-state index in [9.17, 15) is 0 Å². The summed E-state index contributed by atoms with van der Waals surface area (Å²) in [4.78, 5) is 0. The number of rotatable bonds is 6. The zero-order chi connectivity index (χ0) is 13.7. The van der Waals surface area contributed by atoms with Crippen molar-refractivity contribution in [3.05, 3.63) is 39.3 Å². The quantitative estimate of drug-likeness (QED) is 0.876. The Labute approximate surface area is 125 Å². The Morgan fingerprint density at radius 1 is 1.47 bits per heavy atom. The molecule has 0 saturated heterocycles. The summed E-state index contributed by atoms with van der Waals surface area (Å²) in [6.45, 7) is 2.98. The average molecular weight is 342 g/mol. The normalized spacial score (nSPS) is 12.4. The molecule has 2 aromatic rings. The van der Waals surface area contributed by atoms with Gasteiger partial charge in [0, 0.05) is 9.85 Å². The summed E-state index contributed by atoms with van der Waals surface area (Å²) in [6, 6.07) is 6.18. The van der Waals surface area contributed by atoms with Gasteiger partial charge >= 0.3 is 0 Å². The second-order valence-corrected chi connectivity index (χ2v) is 5.57. The summed E-state index contributed by atoms with van der Waals surface area (Å²) in [5.74, 6) is 0.866. The summed E-state index contributed by atoms with van der Waals surface area (Å²) < 4.78 is 10.3. The molecule has 0 aliphatic rings. The van der Waals surface area contributed by atoms with E-state index in [0.29, 0.717) is 0 Å². The van der Waals surface area contributed by atoms with Gasteiger partial charge in [-0.15, -0.1) is 5.10 Å². The molecular weight excluding hydrogens is 326 g/mol. The van der Waals surface area contributed by atoms with Crippen LogP contribution in [0.5, 0.6) is 5.75 Å². The Kier molecular flexibility index (Phi) is 5.30. The number of nitrogens with one attached hydrogen (secondary N) is 1. The predicted molar refractivity (Wildman–Crippen MR) is 80.7 cm³/mol. The summed E-state index contributed by atoms with van der Waals surface area (Å²) in [5, 5.41) is 9.59. The van der Waals surface area contributed by atoms with E-state index < -0.39 is 0 Å². The van der Waals surface area contributed by atoms with Crippen molar-refractivity contribution in [2.45, 2.75) is 19.4 Å². The molecule has 0 fully saturated rings. The summed E-state index contributed by atoms with van der Waals surface area (Å²) >= 11 is 4.96. The molecular formula is C13H16BrN3OS. The SMILES string of the molecule is CCNC(Cc1cc(OC)ccc1Br)c1csnn1. The van der Waals surface area contributed by atoms with Crippen LogP contribution in [0.3, 0.4) is 0 Å². The molecule has 0 radical (unpaired) electrons. The third kappa shape index (κ3) is 3.75. The standard InChI is InChI=1S/C13H16BrN3OS/c1-3-15-12(13-8-19-17-16-13)7-9-6-10(18-2)4-5-11(9)14/h4-6,8,12,15H,3,7H2,1-2H3. The van der Waals surface area contributed by atoms with Crippen molar-refractivity contribution in [1.29, 1.82) is 0 Å². The first kappa shape index (κ1) is 14.4. The van der Waals surface area contributed by atoms with Crippen molar-refractivity contribution in [2.75, 3.05) is 13.7 Å². The van der Waals surface area contributed by atoms with Crippen LogP contribution in [0.25, 0.3) is 0 Å². The monoisotopic (exact) mass is 341 g/mol. The molecule has 1 atom stereocenters. The van der Waals surface area contributed by atoms with Gasteiger partial charge in [0.1, 0.15) is 5.75 Å². The van der Waals surface area contributed by atoms with Gasteiger partial charge < -0.3 is 10.1 Å². The van der Waals surface area contributed by atoms with E-state index in [2.05, 4.69) is 37.8 Å². The molecule has 0 saturated carbocycles. The minimum atomic E-state index is 0.173. The van der Waals surface area contributed by atoms with Crippen LogP contribution in [0, 0.1) is 0 Å². The second-order valence-electron chi connectivity index (χ2n) is 4.10. The molecule has 1 aromatic carbocycles. The van der Waals surface area contributed by atoms with Crippen LogP contribution in [0.4, 0.5) is 0 Å². The van der Waals surface area contributed by atoms with Gasteiger partial charge in [-0.2, -0.15) is 0 Å². The Morgan fingerprint density at radius 3 is 2.95 bits per heavy atom. The molecule has 2 rings (SSSR count). The first-order valence-corrected chi connectivity index (χ1v) is 7.70. The molecule has 102 valence electrons. The van der Waals surface area contributed by atoms with Gasteiger partial charge in [-0.25, -0.2) is 0 Å². The van der Waals surface area contributed by atoms with E-state index in [0.717, 1.165) is 28.9 Å². The molecule has 0 aliphatic heterocycles. The number of nitrogens with zero attached hydrogens (tertiary/aromatic N) is 2. The fourth-order valence-corrected chi connectivity index (χ4v) is 2.82. The number of hydrogen-bond donors (Lipinski definition) is 1. The van der Waals surface area contributed by atoms with Crippen LogP contribution in [0.1, 0.15) is 24.2 Å². The van der Waals surface area contributed by atoms with Crippen LogP contribution in [-0.4, -0.2) is 23.2 Å². The first-order valence-electron chi connectivity index (χ1n) is 6.07. The van der Waals surface area contributed by atoms with Crippen LogP contribution < -0.4 is 10.1 Å². The van der Waals surface area contributed by atoms with Crippen molar-refractivity contribution >= 4 is 27.5 Å². The summed E-state index contributed by atoms with van der Waals surface area (Å²) in [7, 11) is 1.68. The maximum Gasteiger partial charge on any atom is 0.119 e. The van der Waals surface area contributed by atoms with Gasteiger partial charge in [0.2, 0.25) is 0 Å². The number of halogens is 1. The number of likely N-dealkylation sites (N-methyl/N-ethyl adjacent to an activating group) is 1. The van der Waals surface area contributed by atoms with E-state index in [1.807, 2.05) is 23.6 Å². The van der Waals surface area contributed by atoms with E-state index in [-0.39, 0.29) is 6.04 Å². The zero-order valence-electron chi connectivity index (χ0n) is 10.9. The van der Waals surface area contributed by atoms with Crippen LogP contribution >= 0.6 is 27.5 Å². The molecule has 4 nitrogen and oxygen atoms in total. The lowest BCUT2D eigenvalue weighted by Gasteiger charge is -2.16. The van der Waals surface area contributed by atoms with Gasteiger partial charge in [0.05, 0.1) is 18.8 Å². The molecule has 1 aromatic heterocycles. The highest BCUT2D eigenvalue weighted by molar-refractivity contribution is 9.10. The molecule has 19 heavy (non-hydrogen) atoms. The molecule has 6 heteroatoms. The van der Waals surface area contributed by atoms with Crippen molar-refractivity contribution < 1.29 is 4.74 Å². The highest BCUT2D eigenvalue weighted by Crippen LogP contribution is 2.27. The largest absolute Gasteiger partial charge is 0.497 e.